The number of aromatic nitrogens is 4. The van der Waals surface area contributed by atoms with Gasteiger partial charge in [0.1, 0.15) is 0 Å². The maximum atomic E-state index is 11.3. The molecule has 0 aliphatic carbocycles. The number of nitrogens with zero attached hydrogens (tertiary/aromatic N) is 3. The molecular weight excluding hydrogens is 180 g/mol. The minimum absolute atomic E-state index is 0.115. The number of nitrogens with one attached hydrogen (secondary N) is 1. The summed E-state index contributed by atoms with van der Waals surface area (Å²) >= 11 is 0. The molecule has 0 amide bonds. The van der Waals surface area contributed by atoms with E-state index < -0.39 is 11.2 Å². The molecule has 0 fully saturated rings. The lowest BCUT2D eigenvalue weighted by atomic mass is 10.5. The molecule has 0 aromatic carbocycles. The van der Waals surface area contributed by atoms with E-state index in [1.54, 1.807) is 0 Å². The number of H-pyrrole nitrogens is 1. The Bertz CT molecular complexity index is 605. The lowest BCUT2D eigenvalue weighted by molar-refractivity contribution is -0.256. The third kappa shape index (κ3) is 0.546. The molecule has 13 heavy (non-hydrogen) atoms. The number of imidazole rings is 1. The Kier molecular flexibility index (Phi) is 0.838. The van der Waals surface area contributed by atoms with E-state index in [9.17, 15) is 9.59 Å². The summed E-state index contributed by atoms with van der Waals surface area (Å²) < 4.78 is 1.29. The van der Waals surface area contributed by atoms with Crippen LogP contribution in [-0.2, 0) is 0 Å². The Morgan fingerprint density at radius 3 is 2.92 bits per heavy atom. The number of fused-ring (bicyclic) bond motifs is 4. The monoisotopic (exact) mass is 182 g/mol. The van der Waals surface area contributed by atoms with Gasteiger partial charge in [0, 0.05) is 0 Å². The van der Waals surface area contributed by atoms with Crippen molar-refractivity contribution >= 4 is 11.2 Å². The molecule has 2 aromatic rings. The van der Waals surface area contributed by atoms with Crippen molar-refractivity contribution in [3.8, 4) is 0 Å². The fourth-order valence-electron chi connectivity index (χ4n) is 1.16. The summed E-state index contributed by atoms with van der Waals surface area (Å²) in [5, 5.41) is 0. The van der Waals surface area contributed by atoms with E-state index in [-0.39, 0.29) is 11.2 Å². The third-order valence-electron chi connectivity index (χ3n) is 1.74. The van der Waals surface area contributed by atoms with Crippen molar-refractivity contribution in [2.75, 3.05) is 0 Å². The van der Waals surface area contributed by atoms with Gasteiger partial charge >= 0.3 is 11.2 Å². The van der Waals surface area contributed by atoms with Crippen molar-refractivity contribution in [1.82, 2.24) is 19.4 Å². The molecule has 1 aliphatic heterocycles. The van der Waals surface area contributed by atoms with Gasteiger partial charge in [0.2, 0.25) is 5.65 Å². The Labute approximate surface area is 68.8 Å². The highest BCUT2D eigenvalue weighted by atomic mass is 17.3. The summed E-state index contributed by atoms with van der Waals surface area (Å²) in [5.41, 5.74) is -1.04. The highest BCUT2D eigenvalue weighted by molar-refractivity contribution is 5.68. The molecule has 1 N–H and O–H groups in total. The number of hydrogen-bond donors (Lipinski definition) is 1. The largest absolute Gasteiger partial charge is 0.407 e. The van der Waals surface area contributed by atoms with Crippen molar-refractivity contribution in [3.63, 3.8) is 0 Å². The van der Waals surface area contributed by atoms with Gasteiger partial charge in [0.05, 0.1) is 6.33 Å². The molecule has 0 radical (unpaired) electrons. The van der Waals surface area contributed by atoms with Crippen LogP contribution >= 0.6 is 0 Å². The van der Waals surface area contributed by atoms with Crippen LogP contribution in [0.5, 0.6) is 0 Å². The summed E-state index contributed by atoms with van der Waals surface area (Å²) in [6.45, 7) is 0. The summed E-state index contributed by atoms with van der Waals surface area (Å²) in [6.07, 6.45) is 1.29. The van der Waals surface area contributed by atoms with Crippen LogP contribution in [0.25, 0.3) is 11.2 Å². The molecule has 0 atom stereocenters. The molecule has 1 aliphatic rings. The van der Waals surface area contributed by atoms with Gasteiger partial charge in [0.25, 0.3) is 0 Å². The zero-order valence-electron chi connectivity index (χ0n) is 6.05. The average Bonchev–Trinajstić information content (AvgIpc) is 2.66. The first-order valence-electron chi connectivity index (χ1n) is 3.35. The second-order valence-corrected chi connectivity index (χ2v) is 2.43. The maximum Gasteiger partial charge on any atom is 0.407 e. The van der Waals surface area contributed by atoms with Gasteiger partial charge in [-0.3, -0.25) is 4.79 Å². The predicted octanol–water partition coefficient (Wildman–Crippen LogP) is -2.33. The first-order valence-corrected chi connectivity index (χ1v) is 3.35. The van der Waals surface area contributed by atoms with Gasteiger partial charge in [-0.15, -0.1) is 0 Å². The van der Waals surface area contributed by atoms with E-state index in [4.69, 9.17) is 0 Å². The SMILES string of the molecule is O=c1c2[nH]cnc2n2c(=O)n1OO2. The van der Waals surface area contributed by atoms with Gasteiger partial charge in [-0.05, 0) is 4.73 Å². The summed E-state index contributed by atoms with van der Waals surface area (Å²) in [7, 11) is 0. The number of hydrogen-bond acceptors (Lipinski definition) is 5. The normalized spacial score (nSPS) is 12.9. The maximum absolute atomic E-state index is 11.3. The molecule has 0 unspecified atom stereocenters. The van der Waals surface area contributed by atoms with E-state index in [1.165, 1.54) is 6.33 Å². The van der Waals surface area contributed by atoms with Crippen molar-refractivity contribution in [2.45, 2.75) is 0 Å². The van der Waals surface area contributed by atoms with Crippen molar-refractivity contribution < 1.29 is 9.98 Å². The molecular formula is C5H2N4O4. The van der Waals surface area contributed by atoms with Crippen LogP contribution in [0, 0.1) is 0 Å². The average molecular weight is 182 g/mol. The van der Waals surface area contributed by atoms with Crippen molar-refractivity contribution in [1.29, 1.82) is 0 Å². The van der Waals surface area contributed by atoms with Gasteiger partial charge in [0.15, 0.2) is 5.52 Å². The molecule has 2 bridgehead atoms. The lowest BCUT2D eigenvalue weighted by Crippen LogP contribution is -2.34. The second kappa shape index (κ2) is 1.73. The quantitative estimate of drug-likeness (QED) is 0.461. The van der Waals surface area contributed by atoms with E-state index >= 15 is 0 Å². The fraction of sp³-hybridized carbons (Fsp3) is 0. The standard InChI is InChI=1S/C5H2N4O4/c10-4-2-3(7-1-6-2)8-5(11)9(4)13-12-8/h1H,(H,6,7). The number of rotatable bonds is 0. The van der Waals surface area contributed by atoms with E-state index in [0.29, 0.717) is 4.73 Å². The molecule has 0 spiro atoms. The zero-order chi connectivity index (χ0) is 9.00. The molecule has 8 heteroatoms. The zero-order valence-corrected chi connectivity index (χ0v) is 6.05. The molecule has 0 saturated carbocycles. The Hall–Kier alpha value is -2.25. The van der Waals surface area contributed by atoms with Gasteiger partial charge in [-0.1, -0.05) is 4.73 Å². The first kappa shape index (κ1) is 6.29. The van der Waals surface area contributed by atoms with Gasteiger partial charge in [-0.2, -0.15) is 9.98 Å². The van der Waals surface area contributed by atoms with Gasteiger partial charge in [-0.25, -0.2) is 9.78 Å². The minimum Gasteiger partial charge on any atom is -0.339 e. The van der Waals surface area contributed by atoms with Crippen LogP contribution in [0.3, 0.4) is 0 Å². The van der Waals surface area contributed by atoms with E-state index in [2.05, 4.69) is 19.9 Å². The van der Waals surface area contributed by atoms with Crippen LogP contribution in [0.15, 0.2) is 15.9 Å². The highest BCUT2D eigenvalue weighted by Crippen LogP contribution is 2.00. The topological polar surface area (TPSA) is 91.1 Å². The van der Waals surface area contributed by atoms with E-state index in [0.717, 1.165) is 4.73 Å². The Balaban J connectivity index is 2.77. The molecule has 8 nitrogen and oxygen atoms in total. The van der Waals surface area contributed by atoms with Crippen LogP contribution in [-0.4, -0.2) is 19.4 Å². The molecule has 66 valence electrons. The molecule has 3 heterocycles. The van der Waals surface area contributed by atoms with Gasteiger partial charge < -0.3 is 4.98 Å². The van der Waals surface area contributed by atoms with Crippen LogP contribution in [0.2, 0.25) is 0 Å². The second-order valence-electron chi connectivity index (χ2n) is 2.43. The summed E-state index contributed by atoms with van der Waals surface area (Å²) in [4.78, 5) is 37.6. The first-order chi connectivity index (χ1) is 6.29. The minimum atomic E-state index is -0.704. The third-order valence-corrected chi connectivity index (χ3v) is 1.74. The van der Waals surface area contributed by atoms with E-state index in [1.807, 2.05) is 0 Å². The molecule has 3 rings (SSSR count). The van der Waals surface area contributed by atoms with Crippen LogP contribution in [0.1, 0.15) is 0 Å². The highest BCUT2D eigenvalue weighted by Gasteiger charge is 2.24. The summed E-state index contributed by atoms with van der Waals surface area (Å²) in [5.74, 6) is 0. The van der Waals surface area contributed by atoms with Crippen molar-refractivity contribution in [2.24, 2.45) is 0 Å². The molecule has 2 aromatic heterocycles. The predicted molar refractivity (Wildman–Crippen MR) is 37.8 cm³/mol. The summed E-state index contributed by atoms with van der Waals surface area (Å²) in [6, 6.07) is 0. The molecule has 0 saturated heterocycles. The smallest absolute Gasteiger partial charge is 0.339 e. The van der Waals surface area contributed by atoms with Crippen molar-refractivity contribution in [3.05, 3.63) is 27.2 Å². The Morgan fingerprint density at radius 2 is 2.08 bits per heavy atom. The number of aromatic amines is 1. The van der Waals surface area contributed by atoms with Crippen LogP contribution < -0.4 is 21.2 Å². The van der Waals surface area contributed by atoms with Crippen LogP contribution in [0.4, 0.5) is 0 Å². The lowest BCUT2D eigenvalue weighted by Gasteiger charge is -1.87. The Morgan fingerprint density at radius 1 is 1.31 bits per heavy atom. The fourth-order valence-corrected chi connectivity index (χ4v) is 1.16.